The molecule has 1 rings (SSSR count). The summed E-state index contributed by atoms with van der Waals surface area (Å²) in [4.78, 5) is 23.0. The van der Waals surface area contributed by atoms with Crippen molar-refractivity contribution in [3.63, 3.8) is 0 Å². The molecule has 0 atom stereocenters. The summed E-state index contributed by atoms with van der Waals surface area (Å²) in [5.41, 5.74) is 0.893. The van der Waals surface area contributed by atoms with E-state index in [4.69, 9.17) is 5.11 Å². The van der Waals surface area contributed by atoms with Crippen LogP contribution in [0.25, 0.3) is 0 Å². The quantitative estimate of drug-likeness (QED) is 0.669. The summed E-state index contributed by atoms with van der Waals surface area (Å²) >= 11 is 0. The van der Waals surface area contributed by atoms with Gasteiger partial charge < -0.3 is 10.0 Å². The fourth-order valence-corrected chi connectivity index (χ4v) is 1.82. The maximum absolute atomic E-state index is 11.0. The molecule has 0 aromatic heterocycles. The Bertz CT molecular complexity index is 506. The topological polar surface area (TPSA) is 83.7 Å². The molecule has 0 radical (unpaired) electrons. The first-order chi connectivity index (χ1) is 8.62. The van der Waals surface area contributed by atoms with Gasteiger partial charge in [-0.2, -0.15) is 0 Å². The van der Waals surface area contributed by atoms with E-state index in [1.54, 1.807) is 17.9 Å². The van der Waals surface area contributed by atoms with E-state index in [1.807, 2.05) is 20.8 Å². The van der Waals surface area contributed by atoms with Crippen LogP contribution in [-0.4, -0.2) is 28.1 Å². The standard InChI is InChI=1S/C13H18N2O4/c1-9-5-6-10(15(18)19)7-11(9)14(8-12(16)17)13(2,3)4/h5-7H,8H2,1-4H3,(H,16,17). The van der Waals surface area contributed by atoms with Gasteiger partial charge in [-0.1, -0.05) is 6.07 Å². The molecular weight excluding hydrogens is 248 g/mol. The molecule has 0 spiro atoms. The Morgan fingerprint density at radius 3 is 2.42 bits per heavy atom. The summed E-state index contributed by atoms with van der Waals surface area (Å²) in [5, 5.41) is 19.8. The van der Waals surface area contributed by atoms with Crippen molar-refractivity contribution >= 4 is 17.3 Å². The van der Waals surface area contributed by atoms with Crippen LogP contribution in [0.4, 0.5) is 11.4 Å². The molecule has 1 aromatic rings. The van der Waals surface area contributed by atoms with Gasteiger partial charge in [0.2, 0.25) is 0 Å². The lowest BCUT2D eigenvalue weighted by Crippen LogP contribution is -2.45. The van der Waals surface area contributed by atoms with E-state index in [1.165, 1.54) is 12.1 Å². The highest BCUT2D eigenvalue weighted by Gasteiger charge is 2.26. The number of aryl methyl sites for hydroxylation is 1. The summed E-state index contributed by atoms with van der Waals surface area (Å²) in [6, 6.07) is 4.47. The van der Waals surface area contributed by atoms with Gasteiger partial charge in [-0.05, 0) is 33.3 Å². The lowest BCUT2D eigenvalue weighted by molar-refractivity contribution is -0.384. The average Bonchev–Trinajstić information content (AvgIpc) is 2.25. The predicted molar refractivity (Wildman–Crippen MR) is 72.6 cm³/mol. The third kappa shape index (κ3) is 3.67. The molecule has 0 saturated heterocycles. The van der Waals surface area contributed by atoms with Crippen molar-refractivity contribution in [1.82, 2.24) is 0 Å². The number of rotatable bonds is 4. The van der Waals surface area contributed by atoms with Crippen LogP contribution in [0.5, 0.6) is 0 Å². The summed E-state index contributed by atoms with van der Waals surface area (Å²) in [6.07, 6.45) is 0. The molecule has 0 bridgehead atoms. The van der Waals surface area contributed by atoms with Crippen molar-refractivity contribution in [3.8, 4) is 0 Å². The van der Waals surface area contributed by atoms with Gasteiger partial charge in [0.25, 0.3) is 5.69 Å². The number of aliphatic carboxylic acids is 1. The number of carbonyl (C=O) groups is 1. The van der Waals surface area contributed by atoms with Crippen LogP contribution in [0.3, 0.4) is 0 Å². The van der Waals surface area contributed by atoms with Crippen LogP contribution in [-0.2, 0) is 4.79 Å². The van der Waals surface area contributed by atoms with Crippen molar-refractivity contribution < 1.29 is 14.8 Å². The molecule has 104 valence electrons. The highest BCUT2D eigenvalue weighted by atomic mass is 16.6. The number of anilines is 1. The SMILES string of the molecule is Cc1ccc([N+](=O)[O-])cc1N(CC(=O)O)C(C)(C)C. The van der Waals surface area contributed by atoms with E-state index < -0.39 is 16.4 Å². The number of nitro groups is 1. The van der Waals surface area contributed by atoms with Gasteiger partial charge in [0.1, 0.15) is 6.54 Å². The third-order valence-corrected chi connectivity index (χ3v) is 2.80. The lowest BCUT2D eigenvalue weighted by Gasteiger charge is -2.37. The van der Waals surface area contributed by atoms with Gasteiger partial charge in [-0.3, -0.25) is 14.9 Å². The van der Waals surface area contributed by atoms with Crippen molar-refractivity contribution in [3.05, 3.63) is 33.9 Å². The predicted octanol–water partition coefficient (Wildman–Crippen LogP) is 2.59. The Morgan fingerprint density at radius 1 is 1.42 bits per heavy atom. The van der Waals surface area contributed by atoms with Gasteiger partial charge in [0.05, 0.1) is 4.92 Å². The Labute approximate surface area is 111 Å². The van der Waals surface area contributed by atoms with E-state index in [-0.39, 0.29) is 12.2 Å². The number of hydrogen-bond donors (Lipinski definition) is 1. The molecule has 0 unspecified atom stereocenters. The zero-order valence-corrected chi connectivity index (χ0v) is 11.5. The van der Waals surface area contributed by atoms with Gasteiger partial charge >= 0.3 is 5.97 Å². The van der Waals surface area contributed by atoms with Crippen molar-refractivity contribution in [2.24, 2.45) is 0 Å². The number of carboxylic acids is 1. The monoisotopic (exact) mass is 266 g/mol. The third-order valence-electron chi connectivity index (χ3n) is 2.80. The second-order valence-electron chi connectivity index (χ2n) is 5.38. The summed E-state index contributed by atoms with van der Waals surface area (Å²) in [5.74, 6) is -0.971. The number of hydrogen-bond acceptors (Lipinski definition) is 4. The number of benzene rings is 1. The van der Waals surface area contributed by atoms with Crippen molar-refractivity contribution in [1.29, 1.82) is 0 Å². The Hall–Kier alpha value is -2.11. The minimum atomic E-state index is -0.971. The Morgan fingerprint density at radius 2 is 2.00 bits per heavy atom. The maximum atomic E-state index is 11.0. The van der Waals surface area contributed by atoms with Crippen molar-refractivity contribution in [2.75, 3.05) is 11.4 Å². The molecule has 0 aliphatic rings. The van der Waals surface area contributed by atoms with Gasteiger partial charge in [-0.15, -0.1) is 0 Å². The lowest BCUT2D eigenvalue weighted by atomic mass is 10.0. The highest BCUT2D eigenvalue weighted by Crippen LogP contribution is 2.30. The Kier molecular flexibility index (Phi) is 4.14. The fourth-order valence-electron chi connectivity index (χ4n) is 1.82. The zero-order valence-electron chi connectivity index (χ0n) is 11.5. The van der Waals surface area contributed by atoms with Crippen LogP contribution in [0.1, 0.15) is 26.3 Å². The molecule has 0 aliphatic heterocycles. The Balaban J connectivity index is 3.32. The molecular formula is C13H18N2O4. The van der Waals surface area contributed by atoms with Crippen LogP contribution in [0, 0.1) is 17.0 Å². The molecule has 0 saturated carbocycles. The van der Waals surface area contributed by atoms with E-state index in [9.17, 15) is 14.9 Å². The summed E-state index contributed by atoms with van der Waals surface area (Å²) in [7, 11) is 0. The molecule has 19 heavy (non-hydrogen) atoms. The molecule has 6 nitrogen and oxygen atoms in total. The van der Waals surface area contributed by atoms with Gasteiger partial charge in [0.15, 0.2) is 0 Å². The van der Waals surface area contributed by atoms with Crippen LogP contribution in [0.2, 0.25) is 0 Å². The van der Waals surface area contributed by atoms with E-state index >= 15 is 0 Å². The first-order valence-corrected chi connectivity index (χ1v) is 5.87. The number of nitrogens with zero attached hydrogens (tertiary/aromatic N) is 2. The molecule has 1 N–H and O–H groups in total. The largest absolute Gasteiger partial charge is 0.480 e. The van der Waals surface area contributed by atoms with Gasteiger partial charge in [0, 0.05) is 23.4 Å². The molecule has 6 heteroatoms. The number of nitro benzene ring substituents is 1. The maximum Gasteiger partial charge on any atom is 0.323 e. The molecule has 0 fully saturated rings. The van der Waals surface area contributed by atoms with E-state index in [0.717, 1.165) is 5.56 Å². The number of non-ortho nitro benzene ring substituents is 1. The number of carboxylic acid groups (broad SMARTS) is 1. The van der Waals surface area contributed by atoms with Crippen LogP contribution < -0.4 is 4.90 Å². The van der Waals surface area contributed by atoms with Crippen molar-refractivity contribution in [2.45, 2.75) is 33.2 Å². The smallest absolute Gasteiger partial charge is 0.323 e. The van der Waals surface area contributed by atoms with Crippen LogP contribution in [0.15, 0.2) is 18.2 Å². The minimum absolute atomic E-state index is 0.0414. The van der Waals surface area contributed by atoms with E-state index in [2.05, 4.69) is 0 Å². The zero-order chi connectivity index (χ0) is 14.8. The second kappa shape index (κ2) is 5.26. The molecule has 0 amide bonds. The second-order valence-corrected chi connectivity index (χ2v) is 5.38. The minimum Gasteiger partial charge on any atom is -0.480 e. The van der Waals surface area contributed by atoms with Gasteiger partial charge in [-0.25, -0.2) is 0 Å². The van der Waals surface area contributed by atoms with Crippen LogP contribution >= 0.6 is 0 Å². The molecule has 1 aromatic carbocycles. The fraction of sp³-hybridized carbons (Fsp3) is 0.462. The average molecular weight is 266 g/mol. The van der Waals surface area contributed by atoms with E-state index in [0.29, 0.717) is 5.69 Å². The normalized spacial score (nSPS) is 11.2. The molecule has 0 heterocycles. The first kappa shape index (κ1) is 14.9. The molecule has 0 aliphatic carbocycles. The summed E-state index contributed by atoms with van der Waals surface area (Å²) in [6.45, 7) is 7.21. The first-order valence-electron chi connectivity index (χ1n) is 5.87. The highest BCUT2D eigenvalue weighted by molar-refractivity contribution is 5.75. The summed E-state index contributed by atoms with van der Waals surface area (Å²) < 4.78 is 0.